The Morgan fingerprint density at radius 1 is 0.963 bits per heavy atom. The second kappa shape index (κ2) is 9.72. The minimum atomic E-state index is 0.919. The van der Waals surface area contributed by atoms with Crippen molar-refractivity contribution in [3.05, 3.63) is 71.4 Å². The number of fused-ring (bicyclic) bond motifs is 1. The number of hydrogen-bond donors (Lipinski definition) is 1. The van der Waals surface area contributed by atoms with Gasteiger partial charge in [0.2, 0.25) is 0 Å². The average molecular weight is 364 g/mol. The third-order valence-electron chi connectivity index (χ3n) is 5.38. The largest absolute Gasteiger partial charge is 0.343 e. The van der Waals surface area contributed by atoms with Crippen molar-refractivity contribution in [1.29, 1.82) is 0 Å². The van der Waals surface area contributed by atoms with Crippen LogP contribution in [-0.4, -0.2) is 35.6 Å². The molecule has 1 N–H and O–H groups in total. The minimum absolute atomic E-state index is 0.919. The highest BCUT2D eigenvalue weighted by molar-refractivity contribution is 5.84. The highest BCUT2D eigenvalue weighted by atomic mass is 15.1. The van der Waals surface area contributed by atoms with Crippen molar-refractivity contribution >= 4 is 10.9 Å². The van der Waals surface area contributed by atoms with Gasteiger partial charge in [-0.1, -0.05) is 61.9 Å². The van der Waals surface area contributed by atoms with E-state index in [1.165, 1.54) is 40.6 Å². The van der Waals surface area contributed by atoms with Crippen LogP contribution in [0.4, 0.5) is 0 Å². The molecule has 0 aliphatic carbocycles. The molecule has 3 nitrogen and oxygen atoms in total. The van der Waals surface area contributed by atoms with Crippen molar-refractivity contribution in [2.24, 2.45) is 0 Å². The minimum Gasteiger partial charge on any atom is -0.343 e. The molecule has 0 bridgehead atoms. The molecule has 0 saturated carbocycles. The lowest BCUT2D eigenvalue weighted by atomic mass is 10.1. The van der Waals surface area contributed by atoms with E-state index in [0.717, 1.165) is 32.7 Å². The standard InChI is InChI=1S/C24H33N3/c1-4-26(5-2)16-8-15-25-17-22-19-27(24-10-7-6-9-23(22)24)18-21-13-11-20(3)12-14-21/h6-7,9-14,19,25H,4-5,8,15-18H2,1-3H3. The topological polar surface area (TPSA) is 20.2 Å². The highest BCUT2D eigenvalue weighted by Gasteiger charge is 2.08. The van der Waals surface area contributed by atoms with Gasteiger partial charge in [0.25, 0.3) is 0 Å². The first-order chi connectivity index (χ1) is 13.2. The molecule has 0 spiro atoms. The Kier molecular flexibility index (Phi) is 7.08. The maximum Gasteiger partial charge on any atom is 0.0486 e. The van der Waals surface area contributed by atoms with Crippen LogP contribution in [-0.2, 0) is 13.1 Å². The van der Waals surface area contributed by atoms with E-state index in [1.807, 2.05) is 0 Å². The number of nitrogens with zero attached hydrogens (tertiary/aromatic N) is 2. The number of para-hydroxylation sites is 1. The molecular formula is C24H33N3. The van der Waals surface area contributed by atoms with Crippen LogP contribution in [0.2, 0.25) is 0 Å². The van der Waals surface area contributed by atoms with E-state index in [1.54, 1.807) is 0 Å². The highest BCUT2D eigenvalue weighted by Crippen LogP contribution is 2.22. The average Bonchev–Trinajstić information content (AvgIpc) is 3.04. The first-order valence-electron chi connectivity index (χ1n) is 10.3. The molecular weight excluding hydrogens is 330 g/mol. The summed E-state index contributed by atoms with van der Waals surface area (Å²) in [5, 5.41) is 5.00. The van der Waals surface area contributed by atoms with Crippen molar-refractivity contribution in [3.8, 4) is 0 Å². The molecule has 144 valence electrons. The number of rotatable bonds is 10. The maximum absolute atomic E-state index is 3.64. The molecule has 0 aliphatic rings. The maximum atomic E-state index is 3.64. The van der Waals surface area contributed by atoms with Crippen molar-refractivity contribution in [2.45, 2.75) is 40.3 Å². The van der Waals surface area contributed by atoms with E-state index < -0.39 is 0 Å². The molecule has 3 rings (SSSR count). The molecule has 0 amide bonds. The van der Waals surface area contributed by atoms with Gasteiger partial charge in [-0.3, -0.25) is 0 Å². The van der Waals surface area contributed by atoms with Gasteiger partial charge < -0.3 is 14.8 Å². The molecule has 0 fully saturated rings. The second-order valence-corrected chi connectivity index (χ2v) is 7.34. The van der Waals surface area contributed by atoms with Gasteiger partial charge in [0.05, 0.1) is 0 Å². The van der Waals surface area contributed by atoms with Gasteiger partial charge in [-0.15, -0.1) is 0 Å². The van der Waals surface area contributed by atoms with E-state index in [4.69, 9.17) is 0 Å². The number of aromatic nitrogens is 1. The fourth-order valence-electron chi connectivity index (χ4n) is 3.68. The van der Waals surface area contributed by atoms with Crippen LogP contribution in [0.15, 0.2) is 54.7 Å². The zero-order valence-corrected chi connectivity index (χ0v) is 17.0. The fraction of sp³-hybridized carbons (Fsp3) is 0.417. The summed E-state index contributed by atoms with van der Waals surface area (Å²) in [6.45, 7) is 13.0. The molecule has 3 aromatic rings. The third kappa shape index (κ3) is 5.21. The van der Waals surface area contributed by atoms with Gasteiger partial charge in [-0.25, -0.2) is 0 Å². The lowest BCUT2D eigenvalue weighted by Crippen LogP contribution is -2.27. The van der Waals surface area contributed by atoms with Gasteiger partial charge in [0.1, 0.15) is 0 Å². The Hall–Kier alpha value is -2.10. The van der Waals surface area contributed by atoms with Gasteiger partial charge >= 0.3 is 0 Å². The molecule has 1 heterocycles. The summed E-state index contributed by atoms with van der Waals surface area (Å²) in [6, 6.07) is 17.6. The molecule has 0 aliphatic heterocycles. The van der Waals surface area contributed by atoms with Gasteiger partial charge in [-0.2, -0.15) is 0 Å². The zero-order valence-electron chi connectivity index (χ0n) is 17.0. The summed E-state index contributed by atoms with van der Waals surface area (Å²) in [6.07, 6.45) is 3.52. The molecule has 2 aromatic carbocycles. The number of nitrogens with one attached hydrogen (secondary N) is 1. The SMILES string of the molecule is CCN(CC)CCCNCc1cn(Cc2ccc(C)cc2)c2ccccc12. The van der Waals surface area contributed by atoms with Crippen LogP contribution in [0.1, 0.15) is 37.0 Å². The monoisotopic (exact) mass is 363 g/mol. The van der Waals surface area contributed by atoms with Crippen LogP contribution >= 0.6 is 0 Å². The van der Waals surface area contributed by atoms with Crippen molar-refractivity contribution < 1.29 is 0 Å². The van der Waals surface area contributed by atoms with Gasteiger partial charge in [-0.05, 0) is 56.7 Å². The van der Waals surface area contributed by atoms with E-state index in [0.29, 0.717) is 0 Å². The van der Waals surface area contributed by atoms with E-state index in [-0.39, 0.29) is 0 Å². The molecule has 0 saturated heterocycles. The number of hydrogen-bond acceptors (Lipinski definition) is 2. The summed E-state index contributed by atoms with van der Waals surface area (Å²) in [7, 11) is 0. The molecule has 0 atom stereocenters. The molecule has 1 aromatic heterocycles. The van der Waals surface area contributed by atoms with Crippen molar-refractivity contribution in [3.63, 3.8) is 0 Å². The smallest absolute Gasteiger partial charge is 0.0486 e. The summed E-state index contributed by atoms with van der Waals surface area (Å²) in [5.41, 5.74) is 5.37. The van der Waals surface area contributed by atoms with E-state index in [2.05, 4.69) is 90.3 Å². The molecule has 3 heteroatoms. The quantitative estimate of drug-likeness (QED) is 0.521. The summed E-state index contributed by atoms with van der Waals surface area (Å²) in [5.74, 6) is 0. The van der Waals surface area contributed by atoms with Gasteiger partial charge in [0, 0.05) is 30.2 Å². The Morgan fingerprint density at radius 2 is 1.70 bits per heavy atom. The molecule has 0 radical (unpaired) electrons. The van der Waals surface area contributed by atoms with Crippen LogP contribution in [0.5, 0.6) is 0 Å². The molecule has 0 unspecified atom stereocenters. The predicted molar refractivity (Wildman–Crippen MR) is 116 cm³/mol. The summed E-state index contributed by atoms with van der Waals surface area (Å²) >= 11 is 0. The van der Waals surface area contributed by atoms with E-state index in [9.17, 15) is 0 Å². The Bertz CT molecular complexity index is 828. The Labute approximate surface area is 164 Å². The number of benzene rings is 2. The van der Waals surface area contributed by atoms with Gasteiger partial charge in [0.15, 0.2) is 0 Å². The normalized spacial score (nSPS) is 11.6. The zero-order chi connectivity index (χ0) is 19.1. The summed E-state index contributed by atoms with van der Waals surface area (Å²) < 4.78 is 2.38. The second-order valence-electron chi connectivity index (χ2n) is 7.34. The Morgan fingerprint density at radius 3 is 2.44 bits per heavy atom. The lowest BCUT2D eigenvalue weighted by Gasteiger charge is -2.17. The lowest BCUT2D eigenvalue weighted by molar-refractivity contribution is 0.298. The van der Waals surface area contributed by atoms with Crippen LogP contribution in [0, 0.1) is 6.92 Å². The first kappa shape index (κ1) is 19.7. The molecule has 27 heavy (non-hydrogen) atoms. The first-order valence-corrected chi connectivity index (χ1v) is 10.3. The van der Waals surface area contributed by atoms with E-state index >= 15 is 0 Å². The van der Waals surface area contributed by atoms with Crippen LogP contribution in [0.25, 0.3) is 10.9 Å². The predicted octanol–water partition coefficient (Wildman–Crippen LogP) is 4.82. The van der Waals surface area contributed by atoms with Crippen LogP contribution in [0.3, 0.4) is 0 Å². The van der Waals surface area contributed by atoms with Crippen molar-refractivity contribution in [1.82, 2.24) is 14.8 Å². The Balaban J connectivity index is 1.64. The fourth-order valence-corrected chi connectivity index (χ4v) is 3.68. The van der Waals surface area contributed by atoms with Crippen LogP contribution < -0.4 is 5.32 Å². The van der Waals surface area contributed by atoms with Crippen molar-refractivity contribution in [2.75, 3.05) is 26.2 Å². The summed E-state index contributed by atoms with van der Waals surface area (Å²) in [4.78, 5) is 2.48. The number of aryl methyl sites for hydroxylation is 1. The third-order valence-corrected chi connectivity index (χ3v) is 5.38.